The number of imide groups is 1. The summed E-state index contributed by atoms with van der Waals surface area (Å²) in [5, 5.41) is 2.95. The van der Waals surface area contributed by atoms with Crippen molar-refractivity contribution in [2.45, 2.75) is 5.16 Å². The fraction of sp³-hybridized carbons (Fsp3) is 0.250. The Morgan fingerprint density at radius 1 is 1.38 bits per heavy atom. The smallest absolute Gasteiger partial charge is 0.288 e. The Kier molecular flexibility index (Phi) is 5.94. The molecule has 1 saturated heterocycles. The van der Waals surface area contributed by atoms with E-state index in [2.05, 4.69) is 10.3 Å². The highest BCUT2D eigenvalue weighted by Crippen LogP contribution is 2.21. The first kappa shape index (κ1) is 18.5. The molecule has 1 aliphatic rings. The molecule has 0 radical (unpaired) electrons. The summed E-state index contributed by atoms with van der Waals surface area (Å²) in [7, 11) is 0. The van der Waals surface area contributed by atoms with Crippen LogP contribution < -0.4 is 5.32 Å². The Morgan fingerprint density at radius 3 is 2.96 bits per heavy atom. The molecule has 10 heteroatoms. The molecular formula is C16H15FN4O3S2. The highest BCUT2D eigenvalue weighted by atomic mass is 32.2. The molecule has 1 aromatic carbocycles. The van der Waals surface area contributed by atoms with Crippen LogP contribution in [0.4, 0.5) is 9.18 Å². The van der Waals surface area contributed by atoms with E-state index in [9.17, 15) is 18.8 Å². The van der Waals surface area contributed by atoms with Gasteiger partial charge in [0.1, 0.15) is 5.82 Å². The molecule has 0 unspecified atom stereocenters. The van der Waals surface area contributed by atoms with Gasteiger partial charge in [0.2, 0.25) is 11.8 Å². The average Bonchev–Trinajstić information content (AvgIpc) is 3.21. The number of aromatic nitrogens is 2. The van der Waals surface area contributed by atoms with Crippen LogP contribution in [0.1, 0.15) is 0 Å². The second kappa shape index (κ2) is 8.37. The predicted molar refractivity (Wildman–Crippen MR) is 96.8 cm³/mol. The average molecular weight is 394 g/mol. The van der Waals surface area contributed by atoms with Gasteiger partial charge in [-0.05, 0) is 18.2 Å². The lowest BCUT2D eigenvalue weighted by Crippen LogP contribution is -2.38. The van der Waals surface area contributed by atoms with Gasteiger partial charge in [0.05, 0.1) is 17.2 Å². The normalized spacial score (nSPS) is 14.1. The zero-order chi connectivity index (χ0) is 18.5. The van der Waals surface area contributed by atoms with E-state index in [1.165, 1.54) is 23.9 Å². The maximum atomic E-state index is 13.4. The molecule has 0 spiro atoms. The summed E-state index contributed by atoms with van der Waals surface area (Å²) < 4.78 is 15.1. The molecule has 1 aromatic heterocycles. The zero-order valence-electron chi connectivity index (χ0n) is 13.6. The van der Waals surface area contributed by atoms with Gasteiger partial charge in [-0.25, -0.2) is 9.37 Å². The van der Waals surface area contributed by atoms with E-state index in [-0.39, 0.29) is 47.5 Å². The lowest BCUT2D eigenvalue weighted by atomic mass is 10.3. The summed E-state index contributed by atoms with van der Waals surface area (Å²) in [6.07, 6.45) is 3.27. The van der Waals surface area contributed by atoms with E-state index in [0.717, 1.165) is 16.7 Å². The van der Waals surface area contributed by atoms with Crippen LogP contribution in [-0.2, 0) is 9.59 Å². The van der Waals surface area contributed by atoms with Crippen molar-refractivity contribution in [1.29, 1.82) is 0 Å². The second-order valence-corrected chi connectivity index (χ2v) is 7.17. The number of carbonyl (C=O) groups excluding carboxylic acids is 3. The summed E-state index contributed by atoms with van der Waals surface area (Å²) in [6.45, 7) is 0.370. The van der Waals surface area contributed by atoms with E-state index in [4.69, 9.17) is 0 Å². The fourth-order valence-corrected chi connectivity index (χ4v) is 3.86. The first-order valence-electron chi connectivity index (χ1n) is 7.70. The van der Waals surface area contributed by atoms with Gasteiger partial charge in [0.15, 0.2) is 5.16 Å². The monoisotopic (exact) mass is 394 g/mol. The third-order valence-corrected chi connectivity index (χ3v) is 5.35. The first-order chi connectivity index (χ1) is 12.5. The second-order valence-electron chi connectivity index (χ2n) is 5.30. The standard InChI is InChI=1S/C16H15FN4O3S2/c17-11-2-1-3-12(8-11)20-6-5-19-15(20)25-9-13(22)18-4-7-21-14(23)10-26-16(21)24/h1-3,5-6,8H,4,7,9-10H2,(H,18,22). The number of nitrogens with one attached hydrogen (secondary N) is 1. The molecule has 0 saturated carbocycles. The van der Waals surface area contributed by atoms with Crippen LogP contribution in [0.15, 0.2) is 41.8 Å². The largest absolute Gasteiger partial charge is 0.354 e. The van der Waals surface area contributed by atoms with E-state index in [0.29, 0.717) is 10.8 Å². The predicted octanol–water partition coefficient (Wildman–Crippen LogP) is 1.92. The molecule has 1 aliphatic heterocycles. The van der Waals surface area contributed by atoms with Crippen LogP contribution in [0.25, 0.3) is 5.69 Å². The molecule has 26 heavy (non-hydrogen) atoms. The third kappa shape index (κ3) is 4.44. The Hall–Kier alpha value is -2.33. The third-order valence-electron chi connectivity index (χ3n) is 3.52. The van der Waals surface area contributed by atoms with Crippen molar-refractivity contribution in [3.8, 4) is 5.69 Å². The molecule has 7 nitrogen and oxygen atoms in total. The summed E-state index contributed by atoms with van der Waals surface area (Å²) in [6, 6.07) is 6.09. The van der Waals surface area contributed by atoms with Crippen molar-refractivity contribution >= 4 is 40.6 Å². The fourth-order valence-electron chi connectivity index (χ4n) is 2.30. The molecular weight excluding hydrogens is 379 g/mol. The summed E-state index contributed by atoms with van der Waals surface area (Å²) in [5.41, 5.74) is 0.619. The van der Waals surface area contributed by atoms with Gasteiger partial charge >= 0.3 is 0 Å². The number of hydrogen-bond acceptors (Lipinski definition) is 6. The van der Waals surface area contributed by atoms with Crippen LogP contribution in [0, 0.1) is 5.82 Å². The Morgan fingerprint density at radius 2 is 2.23 bits per heavy atom. The van der Waals surface area contributed by atoms with Crippen molar-refractivity contribution in [2.24, 2.45) is 0 Å². The number of nitrogens with zero attached hydrogens (tertiary/aromatic N) is 3. The minimum atomic E-state index is -0.353. The number of amides is 3. The van der Waals surface area contributed by atoms with Crippen LogP contribution >= 0.6 is 23.5 Å². The zero-order valence-corrected chi connectivity index (χ0v) is 15.2. The van der Waals surface area contributed by atoms with Gasteiger partial charge in [-0.1, -0.05) is 29.6 Å². The lowest BCUT2D eigenvalue weighted by molar-refractivity contribution is -0.125. The van der Waals surface area contributed by atoms with Gasteiger partial charge in [-0.15, -0.1) is 0 Å². The van der Waals surface area contributed by atoms with E-state index in [1.807, 2.05) is 0 Å². The number of imidazole rings is 1. The molecule has 136 valence electrons. The van der Waals surface area contributed by atoms with Crippen molar-refractivity contribution in [3.05, 3.63) is 42.5 Å². The topological polar surface area (TPSA) is 84.3 Å². The molecule has 2 aromatic rings. The Labute approximate surface area is 157 Å². The number of rotatable bonds is 7. The van der Waals surface area contributed by atoms with E-state index in [1.54, 1.807) is 29.1 Å². The molecule has 0 aliphatic carbocycles. The molecule has 3 rings (SSSR count). The van der Waals surface area contributed by atoms with Crippen molar-refractivity contribution in [1.82, 2.24) is 19.8 Å². The van der Waals surface area contributed by atoms with Crippen molar-refractivity contribution < 1.29 is 18.8 Å². The number of hydrogen-bond donors (Lipinski definition) is 1. The lowest BCUT2D eigenvalue weighted by Gasteiger charge is -2.13. The highest BCUT2D eigenvalue weighted by molar-refractivity contribution is 8.14. The van der Waals surface area contributed by atoms with Crippen LogP contribution in [0.5, 0.6) is 0 Å². The summed E-state index contributed by atoms with van der Waals surface area (Å²) >= 11 is 2.18. The maximum Gasteiger partial charge on any atom is 0.288 e. The molecule has 2 heterocycles. The van der Waals surface area contributed by atoms with Gasteiger partial charge in [-0.3, -0.25) is 23.9 Å². The minimum Gasteiger partial charge on any atom is -0.354 e. The van der Waals surface area contributed by atoms with E-state index < -0.39 is 0 Å². The molecule has 1 fully saturated rings. The maximum absolute atomic E-state index is 13.4. The van der Waals surface area contributed by atoms with Crippen molar-refractivity contribution in [2.75, 3.05) is 24.6 Å². The molecule has 3 amide bonds. The molecule has 1 N–H and O–H groups in total. The van der Waals surface area contributed by atoms with Crippen LogP contribution in [-0.4, -0.2) is 56.1 Å². The minimum absolute atomic E-state index is 0.114. The number of halogens is 1. The van der Waals surface area contributed by atoms with Crippen LogP contribution in [0.2, 0.25) is 0 Å². The van der Waals surface area contributed by atoms with Gasteiger partial charge < -0.3 is 5.32 Å². The van der Waals surface area contributed by atoms with Gasteiger partial charge in [0, 0.05) is 25.5 Å². The number of benzene rings is 1. The summed E-state index contributed by atoms with van der Waals surface area (Å²) in [4.78, 5) is 40.2. The quantitative estimate of drug-likeness (QED) is 0.723. The van der Waals surface area contributed by atoms with Gasteiger partial charge in [0.25, 0.3) is 5.24 Å². The van der Waals surface area contributed by atoms with Gasteiger partial charge in [-0.2, -0.15) is 0 Å². The van der Waals surface area contributed by atoms with Crippen LogP contribution in [0.3, 0.4) is 0 Å². The Bertz CT molecular complexity index is 826. The first-order valence-corrected chi connectivity index (χ1v) is 9.67. The molecule has 0 bridgehead atoms. The highest BCUT2D eigenvalue weighted by Gasteiger charge is 2.29. The number of carbonyl (C=O) groups is 3. The Balaban J connectivity index is 1.49. The SMILES string of the molecule is O=C(CSc1nccn1-c1cccc(F)c1)NCCN1C(=O)CSC1=O. The summed E-state index contributed by atoms with van der Waals surface area (Å²) in [5.74, 6) is -0.556. The van der Waals surface area contributed by atoms with Crippen molar-refractivity contribution in [3.63, 3.8) is 0 Å². The number of thioether (sulfide) groups is 2. The molecule has 0 atom stereocenters. The van der Waals surface area contributed by atoms with E-state index >= 15 is 0 Å².